The van der Waals surface area contributed by atoms with Crippen molar-refractivity contribution < 1.29 is 46.9 Å². The molecule has 0 aliphatic carbocycles. The van der Waals surface area contributed by atoms with Gasteiger partial charge in [-0.2, -0.15) is 0 Å². The molecule has 1 unspecified atom stereocenters. The van der Waals surface area contributed by atoms with Crippen LogP contribution in [0.1, 0.15) is 47.8 Å². The molecule has 2 N–H and O–H groups in total. The number of nitrogens with one attached hydrogen (secondary N) is 2. The molecular formula is C24H36N3O12PS. The molecule has 0 saturated carbocycles. The highest BCUT2D eigenvalue weighted by Crippen LogP contribution is 2.48. The average Bonchev–Trinajstić information content (AvgIpc) is 3.37. The maximum absolute atomic E-state index is 13.8. The van der Waals surface area contributed by atoms with Crippen LogP contribution in [-0.4, -0.2) is 82.6 Å². The van der Waals surface area contributed by atoms with E-state index >= 15 is 0 Å². The van der Waals surface area contributed by atoms with Crippen LogP contribution in [0.4, 0.5) is 0 Å². The van der Waals surface area contributed by atoms with Crippen LogP contribution in [0.5, 0.6) is 0 Å². The van der Waals surface area contributed by atoms with Crippen molar-refractivity contribution in [1.82, 2.24) is 14.6 Å². The highest BCUT2D eigenvalue weighted by Gasteiger charge is 2.56. The van der Waals surface area contributed by atoms with Crippen LogP contribution in [0.3, 0.4) is 0 Å². The fourth-order valence-electron chi connectivity index (χ4n) is 4.08. The summed E-state index contributed by atoms with van der Waals surface area (Å²) in [6.07, 6.45) is -2.25. The fraction of sp³-hybridized carbons (Fsp3) is 0.708. The Bertz CT molecular complexity index is 1310. The third-order valence-electron chi connectivity index (χ3n) is 6.32. The Morgan fingerprint density at radius 1 is 1.22 bits per heavy atom. The molecule has 15 nitrogen and oxygen atoms in total. The first-order chi connectivity index (χ1) is 19.0. The molecular weight excluding hydrogens is 585 g/mol. The number of hydrogen-bond acceptors (Lipinski definition) is 13. The largest absolute Gasteiger partial charge is 0.468 e. The maximum Gasteiger partial charge on any atom is 0.406 e. The van der Waals surface area contributed by atoms with Gasteiger partial charge in [0.05, 0.1) is 26.1 Å². The summed E-state index contributed by atoms with van der Waals surface area (Å²) in [5.41, 5.74) is -2.47. The minimum Gasteiger partial charge on any atom is -0.468 e. The van der Waals surface area contributed by atoms with Crippen LogP contribution >= 0.6 is 19.5 Å². The highest BCUT2D eigenvalue weighted by molar-refractivity contribution is 8.14. The molecule has 6 atom stereocenters. The fourth-order valence-corrected chi connectivity index (χ4v) is 6.45. The zero-order valence-electron chi connectivity index (χ0n) is 23.9. The number of hydrogen-bond donors (Lipinski definition) is 2. The van der Waals surface area contributed by atoms with Crippen LogP contribution in [0.15, 0.2) is 21.9 Å². The number of fused-ring (bicyclic) bond motifs is 1. The van der Waals surface area contributed by atoms with Gasteiger partial charge in [-0.25, -0.2) is 14.4 Å². The molecule has 2 fully saturated rings. The van der Waals surface area contributed by atoms with Crippen molar-refractivity contribution in [2.24, 2.45) is 5.41 Å². The number of aromatic amines is 1. The van der Waals surface area contributed by atoms with Gasteiger partial charge in [0, 0.05) is 24.6 Å². The Morgan fingerprint density at radius 3 is 2.49 bits per heavy atom. The van der Waals surface area contributed by atoms with Crippen molar-refractivity contribution >= 4 is 36.4 Å². The molecule has 1 aromatic rings. The quantitative estimate of drug-likeness (QED) is 0.235. The van der Waals surface area contributed by atoms with Crippen LogP contribution < -0.4 is 16.3 Å². The number of rotatable bonds is 13. The first-order valence-corrected chi connectivity index (χ1v) is 15.2. The zero-order valence-corrected chi connectivity index (χ0v) is 25.6. The second kappa shape index (κ2) is 13.0. The SMILES string of the molecule is COC(=O)[C@H](C)NP(=O)(OC[C@H]1O[C@@H](n2ccc(=O)[nH]c2=O)[C@@H]2OC(C)(C)O[C@@H]21)OCC(C)(C)C(=O)CSC(C)=O. The predicted octanol–water partition coefficient (Wildman–Crippen LogP) is 1.12. The summed E-state index contributed by atoms with van der Waals surface area (Å²) in [7, 11) is -3.16. The second-order valence-electron chi connectivity index (χ2n) is 10.7. The lowest BCUT2D eigenvalue weighted by molar-refractivity contribution is -0.200. The number of ether oxygens (including phenoxy) is 4. The number of carbonyl (C=O) groups is 3. The number of esters is 1. The van der Waals surface area contributed by atoms with E-state index in [1.807, 2.05) is 0 Å². The number of carbonyl (C=O) groups excluding carboxylic acids is 3. The molecule has 3 rings (SSSR count). The van der Waals surface area contributed by atoms with E-state index in [0.29, 0.717) is 0 Å². The molecule has 0 bridgehead atoms. The molecule has 2 saturated heterocycles. The van der Waals surface area contributed by atoms with Crippen molar-refractivity contribution in [3.63, 3.8) is 0 Å². The van der Waals surface area contributed by atoms with E-state index in [1.165, 1.54) is 20.0 Å². The summed E-state index contributed by atoms with van der Waals surface area (Å²) in [6, 6.07) is 0.0375. The highest BCUT2D eigenvalue weighted by atomic mass is 32.2. The molecule has 41 heavy (non-hydrogen) atoms. The predicted molar refractivity (Wildman–Crippen MR) is 145 cm³/mol. The molecule has 230 valence electrons. The van der Waals surface area contributed by atoms with Gasteiger partial charge in [0.25, 0.3) is 5.56 Å². The third kappa shape index (κ3) is 8.45. The van der Waals surface area contributed by atoms with E-state index in [1.54, 1.807) is 27.7 Å². The summed E-state index contributed by atoms with van der Waals surface area (Å²) >= 11 is 0.846. The smallest absolute Gasteiger partial charge is 0.406 e. The number of ketones is 1. The summed E-state index contributed by atoms with van der Waals surface area (Å²) in [5, 5.41) is 2.28. The second-order valence-corrected chi connectivity index (χ2v) is 13.6. The lowest BCUT2D eigenvalue weighted by Crippen LogP contribution is -2.38. The Morgan fingerprint density at radius 2 is 1.88 bits per heavy atom. The molecule has 0 aromatic carbocycles. The Hall–Kier alpha value is -2.17. The van der Waals surface area contributed by atoms with E-state index in [-0.39, 0.29) is 23.3 Å². The van der Waals surface area contributed by atoms with E-state index < -0.39 is 73.4 Å². The van der Waals surface area contributed by atoms with Gasteiger partial charge < -0.3 is 18.9 Å². The van der Waals surface area contributed by atoms with Gasteiger partial charge in [-0.15, -0.1) is 0 Å². The van der Waals surface area contributed by atoms with E-state index in [2.05, 4.69) is 10.1 Å². The van der Waals surface area contributed by atoms with Crippen molar-refractivity contribution in [3.05, 3.63) is 33.1 Å². The molecule has 1 aromatic heterocycles. The van der Waals surface area contributed by atoms with Crippen LogP contribution in [-0.2, 0) is 46.9 Å². The Kier molecular flexibility index (Phi) is 10.6. The minimum absolute atomic E-state index is 0.0968. The molecule has 2 aliphatic rings. The van der Waals surface area contributed by atoms with Gasteiger partial charge in [0.2, 0.25) is 0 Å². The first kappa shape index (κ1) is 33.3. The number of nitrogens with zero attached hydrogens (tertiary/aromatic N) is 1. The van der Waals surface area contributed by atoms with E-state index in [0.717, 1.165) is 29.5 Å². The standard InChI is InChI=1S/C24H36N3O12PS/c1-13(21(31)34-7)26-40(33,36-12-23(3,4)16(29)11-41-14(2)28)35-10-15-18-19(39-24(5,6)38-18)20(37-15)27-9-8-17(30)25-22(27)32/h8-9,13,15,18-20H,10-12H2,1-7H3,(H,26,33)(H,25,30,32)/t13-,15+,18+,19+,20+,40?/m0/s1. The normalized spacial score (nSPS) is 25.7. The van der Waals surface area contributed by atoms with E-state index in [9.17, 15) is 28.5 Å². The van der Waals surface area contributed by atoms with E-state index in [4.69, 9.17) is 28.0 Å². The monoisotopic (exact) mass is 621 g/mol. The van der Waals surface area contributed by atoms with Gasteiger partial charge in [-0.05, 0) is 20.8 Å². The number of thioether (sulfide) groups is 1. The molecule has 0 radical (unpaired) electrons. The van der Waals surface area contributed by atoms with Gasteiger partial charge in [-0.1, -0.05) is 25.6 Å². The maximum atomic E-state index is 13.8. The van der Waals surface area contributed by atoms with Gasteiger partial charge in [-0.3, -0.25) is 37.8 Å². The summed E-state index contributed by atoms with van der Waals surface area (Å²) in [5.74, 6) is -2.21. The number of H-pyrrole nitrogens is 1. The van der Waals surface area contributed by atoms with Crippen molar-refractivity contribution in [3.8, 4) is 0 Å². The zero-order chi connectivity index (χ0) is 30.8. The van der Waals surface area contributed by atoms with Crippen molar-refractivity contribution in [2.45, 2.75) is 77.9 Å². The average molecular weight is 622 g/mol. The molecule has 0 amide bonds. The lowest BCUT2D eigenvalue weighted by atomic mass is 9.90. The Labute approximate surface area is 240 Å². The number of Topliss-reactive ketones (excluding diaryl/α,β-unsaturated/α-hetero) is 1. The molecule has 0 spiro atoms. The van der Waals surface area contributed by atoms with Crippen molar-refractivity contribution in [2.75, 3.05) is 26.1 Å². The summed E-state index contributed by atoms with van der Waals surface area (Å²) < 4.78 is 49.0. The van der Waals surface area contributed by atoms with Crippen LogP contribution in [0.2, 0.25) is 0 Å². The van der Waals surface area contributed by atoms with Gasteiger partial charge >= 0.3 is 19.4 Å². The Balaban J connectivity index is 1.80. The number of aromatic nitrogens is 2. The molecule has 17 heteroatoms. The summed E-state index contributed by atoms with van der Waals surface area (Å²) in [4.78, 5) is 62.2. The minimum atomic E-state index is -4.31. The summed E-state index contributed by atoms with van der Waals surface area (Å²) in [6.45, 7) is 8.43. The van der Waals surface area contributed by atoms with Gasteiger partial charge in [0.15, 0.2) is 22.9 Å². The molecule has 3 heterocycles. The molecule has 2 aliphatic heterocycles. The first-order valence-electron chi connectivity index (χ1n) is 12.7. The van der Waals surface area contributed by atoms with Crippen LogP contribution in [0, 0.1) is 5.41 Å². The van der Waals surface area contributed by atoms with Crippen molar-refractivity contribution in [1.29, 1.82) is 0 Å². The van der Waals surface area contributed by atoms with Crippen LogP contribution in [0.25, 0.3) is 0 Å². The van der Waals surface area contributed by atoms with Gasteiger partial charge in [0.1, 0.15) is 24.4 Å². The topological polar surface area (TPSA) is 191 Å². The lowest BCUT2D eigenvalue weighted by Gasteiger charge is -2.29. The third-order valence-corrected chi connectivity index (χ3v) is 8.80. The number of methoxy groups -OCH3 is 1.